The molecule has 2 aromatic carbocycles. The monoisotopic (exact) mass is 370 g/mol. The van der Waals surface area contributed by atoms with Gasteiger partial charge in [-0.1, -0.05) is 24.8 Å². The summed E-state index contributed by atoms with van der Waals surface area (Å²) in [6.45, 7) is 3.65. The number of anilines is 1. The Labute approximate surface area is 151 Å². The summed E-state index contributed by atoms with van der Waals surface area (Å²) in [5.74, 6) is -1.53. The maximum atomic E-state index is 14.0. The number of amides is 2. The number of benzene rings is 2. The van der Waals surface area contributed by atoms with Gasteiger partial charge in [0.15, 0.2) is 0 Å². The maximum Gasteiger partial charge on any atom is 0.298 e. The zero-order valence-corrected chi connectivity index (χ0v) is 14.2. The molecule has 2 amide bonds. The molecule has 0 spiro atoms. The molecule has 1 saturated heterocycles. The average Bonchev–Trinajstić information content (AvgIpc) is 3.08. The Bertz CT molecular complexity index is 1090. The van der Waals surface area contributed by atoms with Crippen LogP contribution < -0.4 is 4.90 Å². The standard InChI is InChI=1S/C19H12F2N2O2S/c1-11-18(24)23(19(25)26-11)17-10-22(16-5-3-2-4-14(16)17)9-12-8-13(20)6-7-15(12)21/h2-8,10H,1,9H2. The van der Waals surface area contributed by atoms with Crippen LogP contribution in [-0.2, 0) is 11.3 Å². The number of hydrogen-bond donors (Lipinski definition) is 0. The van der Waals surface area contributed by atoms with Gasteiger partial charge in [-0.05, 0) is 36.0 Å². The van der Waals surface area contributed by atoms with E-state index >= 15 is 0 Å². The fourth-order valence-electron chi connectivity index (χ4n) is 2.99. The summed E-state index contributed by atoms with van der Waals surface area (Å²) < 4.78 is 29.2. The summed E-state index contributed by atoms with van der Waals surface area (Å²) in [7, 11) is 0. The summed E-state index contributed by atoms with van der Waals surface area (Å²) in [6, 6.07) is 10.4. The van der Waals surface area contributed by atoms with Gasteiger partial charge in [0.1, 0.15) is 11.6 Å². The van der Waals surface area contributed by atoms with Gasteiger partial charge in [-0.15, -0.1) is 0 Å². The molecule has 2 heterocycles. The largest absolute Gasteiger partial charge is 0.341 e. The van der Waals surface area contributed by atoms with E-state index in [-0.39, 0.29) is 17.0 Å². The van der Waals surface area contributed by atoms with Crippen LogP contribution in [0, 0.1) is 11.6 Å². The lowest BCUT2D eigenvalue weighted by molar-refractivity contribution is -0.113. The second-order valence-electron chi connectivity index (χ2n) is 5.83. The summed E-state index contributed by atoms with van der Waals surface area (Å²) in [5.41, 5.74) is 1.28. The molecule has 1 aromatic heterocycles. The number of hydrogen-bond acceptors (Lipinski definition) is 3. The molecule has 4 rings (SSSR count). The number of rotatable bonds is 3. The molecule has 0 N–H and O–H groups in total. The Kier molecular flexibility index (Phi) is 3.88. The molecule has 3 aromatic rings. The zero-order chi connectivity index (χ0) is 18.4. The Morgan fingerprint density at radius 3 is 2.58 bits per heavy atom. The fourth-order valence-corrected chi connectivity index (χ4v) is 3.66. The van der Waals surface area contributed by atoms with Crippen molar-refractivity contribution in [1.29, 1.82) is 0 Å². The predicted octanol–water partition coefficient (Wildman–Crippen LogP) is 4.68. The van der Waals surface area contributed by atoms with Crippen molar-refractivity contribution in [3.8, 4) is 0 Å². The third-order valence-electron chi connectivity index (χ3n) is 4.19. The van der Waals surface area contributed by atoms with E-state index in [4.69, 9.17) is 0 Å². The topological polar surface area (TPSA) is 42.3 Å². The van der Waals surface area contributed by atoms with Crippen molar-refractivity contribution in [2.24, 2.45) is 0 Å². The Hall–Kier alpha value is -2.93. The van der Waals surface area contributed by atoms with Gasteiger partial charge in [0.05, 0.1) is 22.7 Å². The lowest BCUT2D eigenvalue weighted by Crippen LogP contribution is -2.27. The highest BCUT2D eigenvalue weighted by atomic mass is 32.2. The van der Waals surface area contributed by atoms with Crippen molar-refractivity contribution in [3.63, 3.8) is 0 Å². The van der Waals surface area contributed by atoms with E-state index < -0.39 is 22.8 Å². The van der Waals surface area contributed by atoms with Crippen LogP contribution in [0.3, 0.4) is 0 Å². The summed E-state index contributed by atoms with van der Waals surface area (Å²) in [5, 5.41) is 0.237. The lowest BCUT2D eigenvalue weighted by atomic mass is 10.2. The average molecular weight is 370 g/mol. The molecular weight excluding hydrogens is 358 g/mol. The molecule has 7 heteroatoms. The van der Waals surface area contributed by atoms with Crippen molar-refractivity contribution in [1.82, 2.24) is 4.57 Å². The van der Waals surface area contributed by atoms with Gasteiger partial charge >= 0.3 is 0 Å². The number of fused-ring (bicyclic) bond motifs is 1. The van der Waals surface area contributed by atoms with Crippen LogP contribution >= 0.6 is 11.8 Å². The number of para-hydroxylation sites is 1. The highest BCUT2D eigenvalue weighted by Gasteiger charge is 2.36. The molecule has 1 fully saturated rings. The molecule has 0 bridgehead atoms. The number of carbonyl (C=O) groups excluding carboxylic acids is 2. The summed E-state index contributed by atoms with van der Waals surface area (Å²) >= 11 is 0.782. The van der Waals surface area contributed by atoms with Crippen LogP contribution in [-0.4, -0.2) is 15.7 Å². The van der Waals surface area contributed by atoms with Gasteiger partial charge in [0.25, 0.3) is 11.1 Å². The smallest absolute Gasteiger partial charge is 0.298 e. The van der Waals surface area contributed by atoms with E-state index in [1.807, 2.05) is 0 Å². The Morgan fingerprint density at radius 2 is 1.85 bits per heavy atom. The first-order chi connectivity index (χ1) is 12.5. The van der Waals surface area contributed by atoms with Gasteiger partial charge in [-0.2, -0.15) is 0 Å². The van der Waals surface area contributed by atoms with Crippen molar-refractivity contribution in [2.75, 3.05) is 4.90 Å². The second kappa shape index (κ2) is 6.10. The highest BCUT2D eigenvalue weighted by molar-refractivity contribution is 8.18. The first kappa shape index (κ1) is 16.5. The van der Waals surface area contributed by atoms with Crippen molar-refractivity contribution in [2.45, 2.75) is 6.54 Å². The number of imide groups is 1. The number of nitrogens with zero attached hydrogens (tertiary/aromatic N) is 2. The van der Waals surface area contributed by atoms with Crippen molar-refractivity contribution in [3.05, 3.63) is 77.3 Å². The van der Waals surface area contributed by atoms with Crippen LogP contribution in [0.1, 0.15) is 5.56 Å². The van der Waals surface area contributed by atoms with Crippen LogP contribution in [0.5, 0.6) is 0 Å². The minimum Gasteiger partial charge on any atom is -0.341 e. The van der Waals surface area contributed by atoms with E-state index in [2.05, 4.69) is 6.58 Å². The molecule has 0 atom stereocenters. The van der Waals surface area contributed by atoms with Gasteiger partial charge in [0.2, 0.25) is 0 Å². The van der Waals surface area contributed by atoms with E-state index in [0.29, 0.717) is 16.6 Å². The molecule has 0 unspecified atom stereocenters. The van der Waals surface area contributed by atoms with Crippen molar-refractivity contribution < 1.29 is 18.4 Å². The predicted molar refractivity (Wildman–Crippen MR) is 97.0 cm³/mol. The number of aromatic nitrogens is 1. The van der Waals surface area contributed by atoms with Gasteiger partial charge in [0, 0.05) is 17.1 Å². The third-order valence-corrected chi connectivity index (χ3v) is 4.97. The minimum absolute atomic E-state index is 0.0639. The SMILES string of the molecule is C=C1SC(=O)N(c2cn(Cc3cc(F)ccc3F)c3ccccc23)C1=O. The molecule has 1 aliphatic rings. The quantitative estimate of drug-likeness (QED) is 0.629. The van der Waals surface area contributed by atoms with Crippen LogP contribution in [0.25, 0.3) is 10.9 Å². The lowest BCUT2D eigenvalue weighted by Gasteiger charge is -2.10. The normalized spacial score (nSPS) is 14.7. The number of thioether (sulfide) groups is 1. The Morgan fingerprint density at radius 1 is 1.08 bits per heavy atom. The molecular formula is C19H12F2N2O2S. The van der Waals surface area contributed by atoms with E-state index in [1.165, 1.54) is 0 Å². The zero-order valence-electron chi connectivity index (χ0n) is 13.4. The first-order valence-electron chi connectivity index (χ1n) is 7.72. The van der Waals surface area contributed by atoms with Gasteiger partial charge in [-0.3, -0.25) is 9.59 Å². The number of halogens is 2. The molecule has 4 nitrogen and oxygen atoms in total. The van der Waals surface area contributed by atoms with Crippen LogP contribution in [0.2, 0.25) is 0 Å². The van der Waals surface area contributed by atoms with Crippen molar-refractivity contribution >= 4 is 39.5 Å². The molecule has 0 saturated carbocycles. The van der Waals surface area contributed by atoms with E-state index in [1.54, 1.807) is 35.0 Å². The number of carbonyl (C=O) groups is 2. The molecule has 0 radical (unpaired) electrons. The van der Waals surface area contributed by atoms with E-state index in [0.717, 1.165) is 34.9 Å². The molecule has 1 aliphatic heterocycles. The maximum absolute atomic E-state index is 14.0. The third kappa shape index (κ3) is 2.61. The van der Waals surface area contributed by atoms with Crippen LogP contribution in [0.15, 0.2) is 60.1 Å². The van der Waals surface area contributed by atoms with Gasteiger partial charge < -0.3 is 4.57 Å². The Balaban J connectivity index is 1.85. The second-order valence-corrected chi connectivity index (χ2v) is 6.87. The molecule has 0 aliphatic carbocycles. The molecule has 26 heavy (non-hydrogen) atoms. The van der Waals surface area contributed by atoms with Crippen LogP contribution in [0.4, 0.5) is 19.3 Å². The van der Waals surface area contributed by atoms with E-state index in [9.17, 15) is 18.4 Å². The fraction of sp³-hybridized carbons (Fsp3) is 0.0526. The molecule has 130 valence electrons. The summed E-state index contributed by atoms with van der Waals surface area (Å²) in [4.78, 5) is 25.7. The van der Waals surface area contributed by atoms with Gasteiger partial charge in [-0.25, -0.2) is 13.7 Å². The minimum atomic E-state index is -0.532. The first-order valence-corrected chi connectivity index (χ1v) is 8.54. The summed E-state index contributed by atoms with van der Waals surface area (Å²) in [6.07, 6.45) is 1.60. The highest BCUT2D eigenvalue weighted by Crippen LogP contribution is 2.38.